The van der Waals surface area contributed by atoms with Crippen LogP contribution in [0.15, 0.2) is 66.2 Å². The Morgan fingerprint density at radius 1 is 1.08 bits per heavy atom. The van der Waals surface area contributed by atoms with Crippen LogP contribution < -0.4 is 9.54 Å². The van der Waals surface area contributed by atoms with Crippen LogP contribution in [0, 0.1) is 13.8 Å². The predicted octanol–water partition coefficient (Wildman–Crippen LogP) is 5.26. The molecule has 0 aliphatic heterocycles. The summed E-state index contributed by atoms with van der Waals surface area (Å²) >= 11 is 1.70. The molecule has 3 rings (SSSR count). The lowest BCUT2D eigenvalue weighted by Gasteiger charge is -2.08. The summed E-state index contributed by atoms with van der Waals surface area (Å²) < 4.78 is 7.44. The van der Waals surface area contributed by atoms with Gasteiger partial charge in [0.2, 0.25) is 0 Å². The van der Waals surface area contributed by atoms with Crippen LogP contribution in [0.2, 0.25) is 0 Å². The highest BCUT2D eigenvalue weighted by Gasteiger charge is 2.12. The molecule has 0 atom stereocenters. The highest BCUT2D eigenvalue weighted by atomic mass is 32.1. The lowest BCUT2D eigenvalue weighted by atomic mass is 10.1. The number of allylic oxidation sites excluding steroid dienone is 1. The molecule has 0 aliphatic rings. The smallest absolute Gasteiger partial charge is 0.190 e. The van der Waals surface area contributed by atoms with Crippen LogP contribution in [0.1, 0.15) is 10.4 Å². The normalized spacial score (nSPS) is 11.6. The van der Waals surface area contributed by atoms with Gasteiger partial charge in [-0.1, -0.05) is 35.9 Å². The first-order valence-electron chi connectivity index (χ1n) is 8.19. The molecule has 0 unspecified atom stereocenters. The van der Waals surface area contributed by atoms with E-state index in [9.17, 15) is 0 Å². The van der Waals surface area contributed by atoms with Gasteiger partial charge in [-0.25, -0.2) is 4.99 Å². The molecule has 2 aromatic carbocycles. The minimum Gasteiger partial charge on any atom is -0.497 e. The van der Waals surface area contributed by atoms with Crippen LogP contribution >= 0.6 is 11.3 Å². The van der Waals surface area contributed by atoms with Gasteiger partial charge in [0.15, 0.2) is 4.80 Å². The maximum Gasteiger partial charge on any atom is 0.190 e. The fourth-order valence-corrected chi connectivity index (χ4v) is 3.77. The number of ether oxygens (including phenoxy) is 1. The fraction of sp³-hybridized carbons (Fsp3) is 0.190. The topological polar surface area (TPSA) is 26.5 Å². The third-order valence-corrected chi connectivity index (χ3v) is 5.01. The standard InChI is InChI=1S/C21H22N2OS/c1-5-14-23-20(17-8-6-15(2)7-9-17)16(3)25-21(23)22-18-10-12-19(24-4)13-11-18/h5-13H,1,14H2,2-4H3. The van der Waals surface area contributed by atoms with Gasteiger partial charge in [0, 0.05) is 11.4 Å². The van der Waals surface area contributed by atoms with Crippen LogP contribution in [0.5, 0.6) is 5.75 Å². The zero-order valence-corrected chi connectivity index (χ0v) is 15.6. The van der Waals surface area contributed by atoms with Gasteiger partial charge in [0.05, 0.1) is 18.5 Å². The van der Waals surface area contributed by atoms with E-state index < -0.39 is 0 Å². The molecule has 0 N–H and O–H groups in total. The third-order valence-electron chi connectivity index (χ3n) is 4.01. The molecule has 0 fully saturated rings. The quantitative estimate of drug-likeness (QED) is 0.577. The number of rotatable bonds is 5. The molecular weight excluding hydrogens is 328 g/mol. The maximum atomic E-state index is 5.21. The second kappa shape index (κ2) is 7.53. The molecule has 1 heterocycles. The summed E-state index contributed by atoms with van der Waals surface area (Å²) in [4.78, 5) is 7.06. The van der Waals surface area contributed by atoms with E-state index in [0.29, 0.717) is 0 Å². The number of thiazole rings is 1. The molecule has 3 aromatic rings. The number of hydrogen-bond acceptors (Lipinski definition) is 3. The number of methoxy groups -OCH3 is 1. The van der Waals surface area contributed by atoms with Crippen molar-refractivity contribution in [2.24, 2.45) is 4.99 Å². The maximum absolute atomic E-state index is 5.21. The molecule has 0 saturated carbocycles. The SMILES string of the molecule is C=CCn1c(-c2ccc(C)cc2)c(C)sc1=Nc1ccc(OC)cc1. The summed E-state index contributed by atoms with van der Waals surface area (Å²) in [6.45, 7) is 8.88. The molecule has 3 nitrogen and oxygen atoms in total. The summed E-state index contributed by atoms with van der Waals surface area (Å²) in [5.74, 6) is 0.834. The van der Waals surface area contributed by atoms with Gasteiger partial charge in [-0.3, -0.25) is 0 Å². The lowest BCUT2D eigenvalue weighted by molar-refractivity contribution is 0.415. The van der Waals surface area contributed by atoms with Crippen LogP contribution in [-0.2, 0) is 6.54 Å². The number of aromatic nitrogens is 1. The Hall–Kier alpha value is -2.59. The Morgan fingerprint density at radius 2 is 1.76 bits per heavy atom. The van der Waals surface area contributed by atoms with Crippen molar-refractivity contribution in [3.63, 3.8) is 0 Å². The average molecular weight is 350 g/mol. The van der Waals surface area contributed by atoms with Gasteiger partial charge >= 0.3 is 0 Å². The van der Waals surface area contributed by atoms with Gasteiger partial charge in [-0.05, 0) is 43.7 Å². The van der Waals surface area contributed by atoms with Gasteiger partial charge in [0.25, 0.3) is 0 Å². The Morgan fingerprint density at radius 3 is 2.36 bits per heavy atom. The number of benzene rings is 2. The number of hydrogen-bond donors (Lipinski definition) is 0. The van der Waals surface area contributed by atoms with Crippen LogP contribution in [-0.4, -0.2) is 11.7 Å². The molecule has 1 aromatic heterocycles. The summed E-state index contributed by atoms with van der Waals surface area (Å²) in [5.41, 5.74) is 4.58. The lowest BCUT2D eigenvalue weighted by Crippen LogP contribution is -2.14. The largest absolute Gasteiger partial charge is 0.497 e. The van der Waals surface area contributed by atoms with Crippen molar-refractivity contribution >= 4 is 17.0 Å². The molecule has 0 spiro atoms. The second-order valence-electron chi connectivity index (χ2n) is 5.86. The fourth-order valence-electron chi connectivity index (χ4n) is 2.75. The minimum absolute atomic E-state index is 0.725. The third kappa shape index (κ3) is 3.74. The highest BCUT2D eigenvalue weighted by Crippen LogP contribution is 2.26. The van der Waals surface area contributed by atoms with Crippen LogP contribution in [0.25, 0.3) is 11.3 Å². The summed E-state index contributed by atoms with van der Waals surface area (Å²) in [5, 5.41) is 0. The Kier molecular flexibility index (Phi) is 5.19. The van der Waals surface area contributed by atoms with E-state index in [-0.39, 0.29) is 0 Å². The summed E-state index contributed by atoms with van der Waals surface area (Å²) in [7, 11) is 1.67. The summed E-state index contributed by atoms with van der Waals surface area (Å²) in [6, 6.07) is 16.4. The van der Waals surface area contributed by atoms with Crippen molar-refractivity contribution in [3.8, 4) is 17.0 Å². The Bertz CT molecular complexity index is 932. The molecule has 0 amide bonds. The molecule has 4 heteroatoms. The molecule has 0 aliphatic carbocycles. The molecule has 128 valence electrons. The van der Waals surface area contributed by atoms with Gasteiger partial charge in [-0.2, -0.15) is 0 Å². The average Bonchev–Trinajstić information content (AvgIpc) is 2.92. The second-order valence-corrected chi connectivity index (χ2v) is 7.05. The molecule has 25 heavy (non-hydrogen) atoms. The van der Waals surface area contributed by atoms with Crippen LogP contribution in [0.4, 0.5) is 5.69 Å². The highest BCUT2D eigenvalue weighted by molar-refractivity contribution is 7.09. The monoisotopic (exact) mass is 350 g/mol. The summed E-state index contributed by atoms with van der Waals surface area (Å²) in [6.07, 6.45) is 1.91. The van der Waals surface area contributed by atoms with Gasteiger partial charge in [-0.15, -0.1) is 17.9 Å². The van der Waals surface area contributed by atoms with E-state index >= 15 is 0 Å². The van der Waals surface area contributed by atoms with E-state index in [1.54, 1.807) is 18.4 Å². The van der Waals surface area contributed by atoms with E-state index in [2.05, 4.69) is 49.3 Å². The first kappa shape index (κ1) is 17.2. The number of aryl methyl sites for hydroxylation is 2. The van der Waals surface area contributed by atoms with Crippen molar-refractivity contribution in [2.75, 3.05) is 7.11 Å². The first-order valence-corrected chi connectivity index (χ1v) is 9.01. The zero-order chi connectivity index (χ0) is 17.8. The Labute approximate surface area is 152 Å². The van der Waals surface area contributed by atoms with E-state index in [1.165, 1.54) is 21.7 Å². The first-order chi connectivity index (χ1) is 12.1. The Balaban J connectivity index is 2.13. The van der Waals surface area contributed by atoms with Crippen LogP contribution in [0.3, 0.4) is 0 Å². The predicted molar refractivity (Wildman–Crippen MR) is 106 cm³/mol. The molecule has 0 bridgehead atoms. The molecular formula is C21H22N2OS. The zero-order valence-electron chi connectivity index (χ0n) is 14.8. The minimum atomic E-state index is 0.725. The van der Waals surface area contributed by atoms with Crippen molar-refractivity contribution < 1.29 is 4.74 Å². The molecule has 0 saturated heterocycles. The van der Waals surface area contributed by atoms with Crippen molar-refractivity contribution in [1.29, 1.82) is 0 Å². The van der Waals surface area contributed by atoms with Crippen molar-refractivity contribution in [1.82, 2.24) is 4.57 Å². The van der Waals surface area contributed by atoms with E-state index in [0.717, 1.165) is 22.8 Å². The van der Waals surface area contributed by atoms with Gasteiger partial charge in [0.1, 0.15) is 5.75 Å². The van der Waals surface area contributed by atoms with E-state index in [1.807, 2.05) is 30.3 Å². The van der Waals surface area contributed by atoms with Crippen molar-refractivity contribution in [2.45, 2.75) is 20.4 Å². The molecule has 0 radical (unpaired) electrons. The van der Waals surface area contributed by atoms with E-state index in [4.69, 9.17) is 9.73 Å². The van der Waals surface area contributed by atoms with Crippen molar-refractivity contribution in [3.05, 3.63) is 76.4 Å². The number of nitrogens with zero attached hydrogens (tertiary/aromatic N) is 2. The van der Waals surface area contributed by atoms with Gasteiger partial charge < -0.3 is 9.30 Å².